The summed E-state index contributed by atoms with van der Waals surface area (Å²) >= 11 is 7.80. The minimum Gasteiger partial charge on any atom is -0.340 e. The number of aromatic nitrogens is 2. The third-order valence-corrected chi connectivity index (χ3v) is 6.50. The molecule has 0 spiro atoms. The Morgan fingerprint density at radius 1 is 1.39 bits per heavy atom. The molecule has 1 unspecified atom stereocenters. The average Bonchev–Trinajstić information content (AvgIpc) is 2.98. The molecule has 0 radical (unpaired) electrons. The van der Waals surface area contributed by atoms with Crippen molar-refractivity contribution in [3.05, 3.63) is 3.95 Å². The number of amides is 2. The summed E-state index contributed by atoms with van der Waals surface area (Å²) in [6, 6.07) is 0.193. The van der Waals surface area contributed by atoms with Crippen LogP contribution in [0.3, 0.4) is 0 Å². The summed E-state index contributed by atoms with van der Waals surface area (Å²) in [5, 5.41) is 6.78. The van der Waals surface area contributed by atoms with Crippen LogP contribution >= 0.6 is 35.3 Å². The van der Waals surface area contributed by atoms with Crippen molar-refractivity contribution < 1.29 is 9.59 Å². The highest BCUT2D eigenvalue weighted by Gasteiger charge is 2.31. The minimum absolute atomic E-state index is 0.116. The number of nitrogens with zero attached hydrogens (tertiary/aromatic N) is 3. The molecule has 0 saturated carbocycles. The van der Waals surface area contributed by atoms with Crippen LogP contribution < -0.4 is 0 Å². The Labute approximate surface area is 148 Å². The van der Waals surface area contributed by atoms with E-state index >= 15 is 0 Å². The van der Waals surface area contributed by atoms with E-state index in [9.17, 15) is 9.59 Å². The number of carbonyl (C=O) groups excluding carboxylic acids is 2. The molecule has 1 aromatic heterocycles. The van der Waals surface area contributed by atoms with Gasteiger partial charge in [0.2, 0.25) is 11.8 Å². The van der Waals surface area contributed by atoms with Crippen molar-refractivity contribution in [2.45, 2.75) is 42.5 Å². The summed E-state index contributed by atoms with van der Waals surface area (Å²) in [7, 11) is 0. The average molecular weight is 373 g/mol. The Balaban J connectivity index is 1.53. The molecular formula is C14H20N4O2S3. The number of hydrogen-bond acceptors (Lipinski definition) is 6. The predicted octanol–water partition coefficient (Wildman–Crippen LogP) is 2.30. The lowest BCUT2D eigenvalue weighted by Gasteiger charge is -2.41. The molecular weight excluding hydrogens is 352 g/mol. The second-order valence-corrected chi connectivity index (χ2v) is 8.74. The van der Waals surface area contributed by atoms with Crippen LogP contribution in [0.15, 0.2) is 4.34 Å². The number of likely N-dealkylation sites (tertiary alicyclic amines) is 2. The number of carbonyl (C=O) groups is 2. The maximum atomic E-state index is 12.4. The molecule has 1 N–H and O–H groups in total. The summed E-state index contributed by atoms with van der Waals surface area (Å²) < 4.78 is 1.42. The van der Waals surface area contributed by atoms with Crippen molar-refractivity contribution in [1.82, 2.24) is 20.0 Å². The lowest BCUT2D eigenvalue weighted by Crippen LogP contribution is -2.53. The fourth-order valence-corrected chi connectivity index (χ4v) is 5.13. The highest BCUT2D eigenvalue weighted by molar-refractivity contribution is 8.01. The van der Waals surface area contributed by atoms with E-state index in [2.05, 4.69) is 10.2 Å². The van der Waals surface area contributed by atoms with Gasteiger partial charge in [0.25, 0.3) is 0 Å². The topological polar surface area (TPSA) is 69.3 Å². The van der Waals surface area contributed by atoms with Gasteiger partial charge in [-0.15, -0.1) is 0 Å². The molecule has 3 heterocycles. The van der Waals surface area contributed by atoms with Gasteiger partial charge in [0.15, 0.2) is 8.29 Å². The fraction of sp³-hybridized carbons (Fsp3) is 0.714. The van der Waals surface area contributed by atoms with E-state index in [1.165, 1.54) is 23.1 Å². The molecule has 2 aliphatic heterocycles. The number of rotatable bonds is 4. The first-order chi connectivity index (χ1) is 11.1. The number of aromatic amines is 1. The molecule has 3 rings (SSSR count). The first-order valence-electron chi connectivity index (χ1n) is 7.89. The van der Waals surface area contributed by atoms with Gasteiger partial charge in [-0.3, -0.25) is 14.7 Å². The second kappa shape index (κ2) is 7.76. The van der Waals surface area contributed by atoms with Crippen LogP contribution in [0.2, 0.25) is 0 Å². The van der Waals surface area contributed by atoms with Crippen LogP contribution in [0.5, 0.6) is 0 Å². The third kappa shape index (κ3) is 4.33. The minimum atomic E-state index is 0.116. The number of piperidine rings is 2. The lowest BCUT2D eigenvalue weighted by molar-refractivity contribution is -0.140. The van der Waals surface area contributed by atoms with Crippen LogP contribution in [0.1, 0.15) is 32.1 Å². The molecule has 0 aliphatic carbocycles. The summed E-state index contributed by atoms with van der Waals surface area (Å²) in [5.74, 6) is 0.739. The van der Waals surface area contributed by atoms with Crippen molar-refractivity contribution in [2.75, 3.05) is 25.4 Å². The second-order valence-electron chi connectivity index (χ2n) is 5.85. The van der Waals surface area contributed by atoms with E-state index in [4.69, 9.17) is 12.2 Å². The van der Waals surface area contributed by atoms with Crippen molar-refractivity contribution in [3.63, 3.8) is 0 Å². The van der Waals surface area contributed by atoms with E-state index < -0.39 is 0 Å². The zero-order valence-corrected chi connectivity index (χ0v) is 15.3. The lowest BCUT2D eigenvalue weighted by atomic mass is 10.0. The van der Waals surface area contributed by atoms with Crippen LogP contribution in [-0.4, -0.2) is 63.2 Å². The molecule has 2 fully saturated rings. The van der Waals surface area contributed by atoms with E-state index in [-0.39, 0.29) is 17.9 Å². The maximum Gasteiger partial charge on any atom is 0.233 e. The molecule has 2 amide bonds. The number of nitrogens with one attached hydrogen (secondary N) is 1. The van der Waals surface area contributed by atoms with Gasteiger partial charge in [-0.1, -0.05) is 23.1 Å². The van der Waals surface area contributed by atoms with Gasteiger partial charge in [0, 0.05) is 32.1 Å². The molecule has 6 nitrogen and oxygen atoms in total. The van der Waals surface area contributed by atoms with E-state index in [0.717, 1.165) is 43.1 Å². The summed E-state index contributed by atoms with van der Waals surface area (Å²) in [4.78, 5) is 28.4. The normalized spacial score (nSPS) is 22.4. The summed E-state index contributed by atoms with van der Waals surface area (Å²) in [5.41, 5.74) is 0. The largest absolute Gasteiger partial charge is 0.340 e. The van der Waals surface area contributed by atoms with E-state index in [0.29, 0.717) is 22.7 Å². The van der Waals surface area contributed by atoms with Crippen molar-refractivity contribution in [2.24, 2.45) is 0 Å². The fourth-order valence-electron chi connectivity index (χ4n) is 3.14. The van der Waals surface area contributed by atoms with Crippen molar-refractivity contribution in [1.29, 1.82) is 0 Å². The monoisotopic (exact) mass is 372 g/mol. The van der Waals surface area contributed by atoms with Crippen LogP contribution in [0.4, 0.5) is 0 Å². The Hall–Kier alpha value is -0.930. The smallest absolute Gasteiger partial charge is 0.233 e. The summed E-state index contributed by atoms with van der Waals surface area (Å²) in [6.45, 7) is 2.30. The van der Waals surface area contributed by atoms with E-state index in [1.807, 2.05) is 9.80 Å². The molecule has 1 atom stereocenters. The molecule has 2 aliphatic rings. The maximum absolute atomic E-state index is 12.4. The zero-order chi connectivity index (χ0) is 16.2. The van der Waals surface area contributed by atoms with Gasteiger partial charge in [-0.25, -0.2) is 0 Å². The molecule has 9 heteroatoms. The van der Waals surface area contributed by atoms with Crippen molar-refractivity contribution >= 4 is 47.1 Å². The third-order valence-electron chi connectivity index (χ3n) is 4.29. The summed E-state index contributed by atoms with van der Waals surface area (Å²) in [6.07, 6.45) is 4.70. The van der Waals surface area contributed by atoms with Gasteiger partial charge >= 0.3 is 0 Å². The van der Waals surface area contributed by atoms with Gasteiger partial charge in [-0.2, -0.15) is 5.10 Å². The molecule has 1 aromatic rings. The molecule has 126 valence electrons. The number of hydrogen-bond donors (Lipinski definition) is 1. The first kappa shape index (κ1) is 16.9. The highest BCUT2D eigenvalue weighted by Crippen LogP contribution is 2.24. The highest BCUT2D eigenvalue weighted by atomic mass is 32.2. The van der Waals surface area contributed by atoms with Gasteiger partial charge in [-0.05, 0) is 37.9 Å². The first-order valence-corrected chi connectivity index (χ1v) is 10.1. The molecule has 0 aromatic carbocycles. The standard InChI is InChI=1S/C14H20N4O2S3/c19-11-5-1-2-7-18(11)10-4-3-6-17(8-10)12(20)9-22-14-16-15-13(21)23-14/h10H,1-9H2,(H,15,21). The quantitative estimate of drug-likeness (QED) is 0.649. The van der Waals surface area contributed by atoms with Crippen LogP contribution in [-0.2, 0) is 9.59 Å². The van der Waals surface area contributed by atoms with Crippen LogP contribution in [0, 0.1) is 3.95 Å². The Bertz CT molecular complexity index is 630. The van der Waals surface area contributed by atoms with E-state index in [1.54, 1.807) is 0 Å². The number of thioether (sulfide) groups is 1. The van der Waals surface area contributed by atoms with Gasteiger partial charge < -0.3 is 9.80 Å². The Morgan fingerprint density at radius 3 is 3.00 bits per heavy atom. The zero-order valence-electron chi connectivity index (χ0n) is 12.8. The van der Waals surface area contributed by atoms with Crippen molar-refractivity contribution in [3.8, 4) is 0 Å². The molecule has 2 saturated heterocycles. The Kier molecular flexibility index (Phi) is 5.71. The molecule has 0 bridgehead atoms. The number of H-pyrrole nitrogens is 1. The van der Waals surface area contributed by atoms with Crippen LogP contribution in [0.25, 0.3) is 0 Å². The van der Waals surface area contributed by atoms with Gasteiger partial charge in [0.05, 0.1) is 5.75 Å². The predicted molar refractivity (Wildman–Crippen MR) is 93.2 cm³/mol. The van der Waals surface area contributed by atoms with Gasteiger partial charge in [0.1, 0.15) is 0 Å². The Morgan fingerprint density at radius 2 is 2.26 bits per heavy atom. The molecule has 23 heavy (non-hydrogen) atoms. The SMILES string of the molecule is O=C(CSc1n[nH]c(=S)s1)N1CCCC(N2CCCCC2=O)C1.